The minimum atomic E-state index is -0.345. The van der Waals surface area contributed by atoms with Crippen LogP contribution in [0.15, 0.2) is 55.0 Å². The first kappa shape index (κ1) is 21.9. The molecule has 2 aliphatic heterocycles. The fourth-order valence-electron chi connectivity index (χ4n) is 5.34. The highest BCUT2D eigenvalue weighted by Crippen LogP contribution is 2.47. The van der Waals surface area contributed by atoms with Crippen LogP contribution in [-0.4, -0.2) is 54.4 Å². The second-order valence-electron chi connectivity index (χ2n) is 9.27. The Morgan fingerprint density at radius 2 is 1.94 bits per heavy atom. The largest absolute Gasteiger partial charge is 0.367 e. The van der Waals surface area contributed by atoms with E-state index in [0.717, 1.165) is 12.8 Å². The Labute approximate surface area is 206 Å². The maximum atomic E-state index is 14.0. The van der Waals surface area contributed by atoms with Crippen LogP contribution in [0.2, 0.25) is 5.02 Å². The summed E-state index contributed by atoms with van der Waals surface area (Å²) in [4.78, 5) is 26.3. The van der Waals surface area contributed by atoms with Gasteiger partial charge in [-0.1, -0.05) is 18.5 Å². The molecule has 2 bridgehead atoms. The zero-order valence-electron chi connectivity index (χ0n) is 19.0. The topological polar surface area (TPSA) is 88.8 Å². The number of carbonyl (C=O) groups is 1. The number of nitrogens with one attached hydrogen (secondary N) is 1. The minimum absolute atomic E-state index is 0.0388. The lowest BCUT2D eigenvalue weighted by molar-refractivity contribution is -0.0502. The zero-order chi connectivity index (χ0) is 24.1. The van der Waals surface area contributed by atoms with Crippen molar-refractivity contribution in [2.45, 2.75) is 31.8 Å². The van der Waals surface area contributed by atoms with E-state index in [1.165, 1.54) is 16.9 Å². The SMILES string of the molecule is CC1C2CC(C2)N(C(=O)c2cc(Cl)ccc2-n2nccn2)C1CNc1cnc2cc(F)ccc2n1. The molecule has 2 atom stereocenters. The van der Waals surface area contributed by atoms with Gasteiger partial charge in [0.25, 0.3) is 5.91 Å². The number of fused-ring (bicyclic) bond motifs is 3. The van der Waals surface area contributed by atoms with Crippen LogP contribution in [0.5, 0.6) is 0 Å². The van der Waals surface area contributed by atoms with E-state index >= 15 is 0 Å². The third kappa shape index (κ3) is 3.89. The number of hydrogen-bond acceptors (Lipinski definition) is 6. The molecule has 3 aliphatic rings. The highest BCUT2D eigenvalue weighted by Gasteiger charge is 2.50. The number of anilines is 1. The molecule has 7 rings (SSSR count). The Balaban J connectivity index is 1.29. The summed E-state index contributed by atoms with van der Waals surface area (Å²) < 4.78 is 13.5. The van der Waals surface area contributed by atoms with Crippen molar-refractivity contribution in [3.8, 4) is 5.69 Å². The first-order chi connectivity index (χ1) is 17.0. The van der Waals surface area contributed by atoms with Crippen LogP contribution in [0.3, 0.4) is 0 Å². The van der Waals surface area contributed by atoms with Gasteiger partial charge in [0.15, 0.2) is 0 Å². The van der Waals surface area contributed by atoms with Crippen molar-refractivity contribution in [3.05, 3.63) is 71.4 Å². The van der Waals surface area contributed by atoms with Gasteiger partial charge in [-0.2, -0.15) is 15.0 Å². The van der Waals surface area contributed by atoms with E-state index in [1.54, 1.807) is 42.9 Å². The summed E-state index contributed by atoms with van der Waals surface area (Å²) in [6, 6.07) is 9.68. The summed E-state index contributed by atoms with van der Waals surface area (Å²) in [5.74, 6) is 1.06. The molecule has 4 aromatic rings. The van der Waals surface area contributed by atoms with Crippen molar-refractivity contribution in [2.75, 3.05) is 11.9 Å². The third-order valence-corrected chi connectivity index (χ3v) is 7.54. The van der Waals surface area contributed by atoms with Gasteiger partial charge in [0.1, 0.15) is 11.6 Å². The lowest BCUT2D eigenvalue weighted by Gasteiger charge is -2.57. The van der Waals surface area contributed by atoms with E-state index in [4.69, 9.17) is 11.6 Å². The molecule has 1 amide bonds. The number of amides is 1. The van der Waals surface area contributed by atoms with Crippen molar-refractivity contribution >= 4 is 34.4 Å². The van der Waals surface area contributed by atoms with Crippen LogP contribution < -0.4 is 5.32 Å². The summed E-state index contributed by atoms with van der Waals surface area (Å²) in [5.41, 5.74) is 2.18. The second-order valence-corrected chi connectivity index (χ2v) is 9.71. The quantitative estimate of drug-likeness (QED) is 0.446. The van der Waals surface area contributed by atoms with E-state index < -0.39 is 0 Å². The molecule has 8 nitrogen and oxygen atoms in total. The molecular weight excluding hydrogens is 469 g/mol. The van der Waals surface area contributed by atoms with Crippen molar-refractivity contribution in [1.82, 2.24) is 29.9 Å². The first-order valence-electron chi connectivity index (χ1n) is 11.6. The molecule has 1 aliphatic carbocycles. The average Bonchev–Trinajstić information content (AvgIpc) is 3.36. The summed E-state index contributed by atoms with van der Waals surface area (Å²) >= 11 is 6.30. The predicted molar refractivity (Wildman–Crippen MR) is 130 cm³/mol. The van der Waals surface area contributed by atoms with Crippen LogP contribution >= 0.6 is 11.6 Å². The van der Waals surface area contributed by atoms with Gasteiger partial charge in [-0.15, -0.1) is 0 Å². The van der Waals surface area contributed by atoms with Gasteiger partial charge in [-0.3, -0.25) is 9.78 Å². The minimum Gasteiger partial charge on any atom is -0.367 e. The Morgan fingerprint density at radius 3 is 2.74 bits per heavy atom. The van der Waals surface area contributed by atoms with Gasteiger partial charge >= 0.3 is 0 Å². The number of carbonyl (C=O) groups excluding carboxylic acids is 1. The highest BCUT2D eigenvalue weighted by molar-refractivity contribution is 6.31. The molecule has 0 spiro atoms. The van der Waals surface area contributed by atoms with E-state index in [0.29, 0.717) is 51.5 Å². The van der Waals surface area contributed by atoms with Crippen LogP contribution in [0.1, 0.15) is 30.1 Å². The molecule has 2 aromatic heterocycles. The predicted octanol–water partition coefficient (Wildman–Crippen LogP) is 4.35. The molecule has 0 radical (unpaired) electrons. The summed E-state index contributed by atoms with van der Waals surface area (Å²) in [5, 5.41) is 12.3. The summed E-state index contributed by atoms with van der Waals surface area (Å²) in [6.07, 6.45) is 6.75. The maximum Gasteiger partial charge on any atom is 0.256 e. The molecule has 10 heteroatoms. The molecule has 4 heterocycles. The van der Waals surface area contributed by atoms with Crippen molar-refractivity contribution in [3.63, 3.8) is 0 Å². The number of aromatic nitrogens is 5. The molecule has 178 valence electrons. The lowest BCUT2D eigenvalue weighted by atomic mass is 9.64. The molecular formula is C25H23ClFN7O. The monoisotopic (exact) mass is 491 g/mol. The van der Waals surface area contributed by atoms with Crippen LogP contribution in [-0.2, 0) is 0 Å². The number of nitrogens with zero attached hydrogens (tertiary/aromatic N) is 6. The van der Waals surface area contributed by atoms with Gasteiger partial charge in [-0.25, -0.2) is 9.37 Å². The van der Waals surface area contributed by atoms with Crippen molar-refractivity contribution in [2.24, 2.45) is 11.8 Å². The lowest BCUT2D eigenvalue weighted by Crippen LogP contribution is -2.64. The van der Waals surface area contributed by atoms with Crippen molar-refractivity contribution < 1.29 is 9.18 Å². The average molecular weight is 492 g/mol. The molecule has 1 N–H and O–H groups in total. The Bertz CT molecular complexity index is 1410. The molecule has 35 heavy (non-hydrogen) atoms. The first-order valence-corrected chi connectivity index (χ1v) is 12.0. The number of rotatable bonds is 5. The number of piperidine rings is 2. The summed E-state index contributed by atoms with van der Waals surface area (Å²) in [6.45, 7) is 2.73. The molecule has 1 saturated carbocycles. The molecule has 2 unspecified atom stereocenters. The van der Waals surface area contributed by atoms with Gasteiger partial charge in [0.2, 0.25) is 0 Å². The van der Waals surface area contributed by atoms with Gasteiger partial charge < -0.3 is 10.2 Å². The van der Waals surface area contributed by atoms with Gasteiger partial charge in [0, 0.05) is 23.7 Å². The molecule has 3 fully saturated rings. The second kappa shape index (κ2) is 8.57. The van der Waals surface area contributed by atoms with Gasteiger partial charge in [-0.05, 0) is 55.0 Å². The standard InChI is InChI=1S/C25H23ClFN7O/c1-14-15-8-18(9-15)33(25(35)19-10-16(26)2-5-22(19)34-30-6-7-31-34)23(14)12-29-24-13-28-21-11-17(27)3-4-20(21)32-24/h2-7,10-11,13-15,18,23H,8-9,12H2,1H3,(H,29,32). The maximum absolute atomic E-state index is 14.0. The fraction of sp³-hybridized carbons (Fsp3) is 0.320. The van der Waals surface area contributed by atoms with Crippen LogP contribution in [0.4, 0.5) is 10.2 Å². The van der Waals surface area contributed by atoms with E-state index in [1.807, 2.05) is 4.90 Å². The van der Waals surface area contributed by atoms with E-state index in [-0.39, 0.29) is 23.8 Å². The number of hydrogen-bond donors (Lipinski definition) is 1. The fourth-order valence-corrected chi connectivity index (χ4v) is 5.51. The third-order valence-electron chi connectivity index (χ3n) is 7.31. The normalized spacial score (nSPS) is 23.2. The van der Waals surface area contributed by atoms with E-state index in [2.05, 4.69) is 32.4 Å². The highest BCUT2D eigenvalue weighted by atomic mass is 35.5. The molecule has 2 aromatic carbocycles. The zero-order valence-corrected chi connectivity index (χ0v) is 19.7. The Morgan fingerprint density at radius 1 is 1.14 bits per heavy atom. The summed E-state index contributed by atoms with van der Waals surface area (Å²) in [7, 11) is 0. The number of halogens is 2. The van der Waals surface area contributed by atoms with Crippen LogP contribution in [0.25, 0.3) is 16.7 Å². The van der Waals surface area contributed by atoms with Gasteiger partial charge in [0.05, 0.1) is 46.9 Å². The Kier molecular flexibility index (Phi) is 5.36. The number of benzene rings is 2. The molecule has 2 saturated heterocycles. The van der Waals surface area contributed by atoms with E-state index in [9.17, 15) is 9.18 Å². The smallest absolute Gasteiger partial charge is 0.256 e. The Hall–Kier alpha value is -3.59. The van der Waals surface area contributed by atoms with Crippen molar-refractivity contribution in [1.29, 1.82) is 0 Å². The van der Waals surface area contributed by atoms with Crippen LogP contribution in [0, 0.1) is 17.7 Å².